The first-order valence-corrected chi connectivity index (χ1v) is 4.80. The summed E-state index contributed by atoms with van der Waals surface area (Å²) in [6.07, 6.45) is -0.535. The molecule has 0 fully saturated rings. The molecule has 0 aromatic rings. The predicted octanol–water partition coefficient (Wildman–Crippen LogP) is -2.61. The SMILES string of the molecule is NC(N)=NCCC[C@H](NC(O)CO)C(=O)O. The van der Waals surface area contributed by atoms with Crippen LogP contribution in [0.25, 0.3) is 0 Å². The van der Waals surface area contributed by atoms with Crippen LogP contribution in [0.1, 0.15) is 12.8 Å². The van der Waals surface area contributed by atoms with Gasteiger partial charge < -0.3 is 26.8 Å². The Morgan fingerprint density at radius 2 is 2.06 bits per heavy atom. The Morgan fingerprint density at radius 3 is 2.50 bits per heavy atom. The van der Waals surface area contributed by atoms with Gasteiger partial charge in [0.05, 0.1) is 6.61 Å². The third kappa shape index (κ3) is 6.98. The number of aliphatic imine (C=N–C) groups is 1. The first-order chi connectivity index (χ1) is 7.47. The maximum atomic E-state index is 10.7. The lowest BCUT2D eigenvalue weighted by Crippen LogP contribution is -2.45. The summed E-state index contributed by atoms with van der Waals surface area (Å²) in [5, 5.41) is 28.7. The normalized spacial score (nSPS) is 14.1. The molecule has 0 amide bonds. The highest BCUT2D eigenvalue weighted by Gasteiger charge is 2.19. The van der Waals surface area contributed by atoms with Crippen molar-refractivity contribution < 1.29 is 20.1 Å². The number of aliphatic hydroxyl groups excluding tert-OH is 2. The second-order valence-electron chi connectivity index (χ2n) is 3.20. The highest BCUT2D eigenvalue weighted by molar-refractivity contribution is 5.75. The van der Waals surface area contributed by atoms with Crippen molar-refractivity contribution in [3.8, 4) is 0 Å². The van der Waals surface area contributed by atoms with Crippen molar-refractivity contribution in [2.24, 2.45) is 16.5 Å². The Balaban J connectivity index is 3.95. The molecule has 0 heterocycles. The summed E-state index contributed by atoms with van der Waals surface area (Å²) < 4.78 is 0. The van der Waals surface area contributed by atoms with Gasteiger partial charge in [0, 0.05) is 6.54 Å². The average Bonchev–Trinajstić information content (AvgIpc) is 2.21. The van der Waals surface area contributed by atoms with Gasteiger partial charge in [-0.15, -0.1) is 0 Å². The molecule has 0 saturated carbocycles. The Kier molecular flexibility index (Phi) is 7.18. The molecule has 94 valence electrons. The summed E-state index contributed by atoms with van der Waals surface area (Å²) in [5.74, 6) is -1.15. The fourth-order valence-electron chi connectivity index (χ4n) is 1.07. The summed E-state index contributed by atoms with van der Waals surface area (Å²) in [7, 11) is 0. The number of carboxylic acid groups (broad SMARTS) is 1. The first-order valence-electron chi connectivity index (χ1n) is 4.80. The molecule has 16 heavy (non-hydrogen) atoms. The van der Waals surface area contributed by atoms with Gasteiger partial charge in [-0.3, -0.25) is 15.1 Å². The van der Waals surface area contributed by atoms with Crippen LogP contribution in [0.4, 0.5) is 0 Å². The maximum Gasteiger partial charge on any atom is 0.320 e. The van der Waals surface area contributed by atoms with Crippen molar-refractivity contribution in [3.63, 3.8) is 0 Å². The van der Waals surface area contributed by atoms with Crippen LogP contribution in [0.3, 0.4) is 0 Å². The third-order valence-electron chi connectivity index (χ3n) is 1.81. The lowest BCUT2D eigenvalue weighted by Gasteiger charge is -2.17. The van der Waals surface area contributed by atoms with E-state index in [1.165, 1.54) is 0 Å². The Bertz CT molecular complexity index is 242. The van der Waals surface area contributed by atoms with Gasteiger partial charge in [0.1, 0.15) is 12.3 Å². The predicted molar refractivity (Wildman–Crippen MR) is 57.6 cm³/mol. The Labute approximate surface area is 93.0 Å². The van der Waals surface area contributed by atoms with Gasteiger partial charge in [-0.2, -0.15) is 0 Å². The average molecular weight is 234 g/mol. The molecule has 0 saturated heterocycles. The minimum Gasteiger partial charge on any atom is -0.480 e. The van der Waals surface area contributed by atoms with E-state index >= 15 is 0 Å². The number of nitrogens with one attached hydrogen (secondary N) is 1. The van der Waals surface area contributed by atoms with Crippen molar-refractivity contribution in [2.45, 2.75) is 25.1 Å². The van der Waals surface area contributed by atoms with Gasteiger partial charge in [-0.1, -0.05) is 0 Å². The number of carboxylic acids is 1. The number of aliphatic hydroxyl groups is 2. The van der Waals surface area contributed by atoms with Crippen LogP contribution in [-0.2, 0) is 4.79 Å². The summed E-state index contributed by atoms with van der Waals surface area (Å²) in [6.45, 7) is -0.222. The van der Waals surface area contributed by atoms with E-state index in [0.717, 1.165) is 0 Å². The zero-order chi connectivity index (χ0) is 12.6. The molecule has 1 unspecified atom stereocenters. The molecule has 0 aromatic carbocycles. The molecule has 0 aliphatic heterocycles. The van der Waals surface area contributed by atoms with Crippen LogP contribution in [0.2, 0.25) is 0 Å². The zero-order valence-electron chi connectivity index (χ0n) is 8.83. The summed E-state index contributed by atoms with van der Waals surface area (Å²) in [5.41, 5.74) is 10.2. The number of hydrogen-bond donors (Lipinski definition) is 6. The molecule has 0 aliphatic rings. The zero-order valence-corrected chi connectivity index (χ0v) is 8.83. The quantitative estimate of drug-likeness (QED) is 0.116. The van der Waals surface area contributed by atoms with Crippen molar-refractivity contribution >= 4 is 11.9 Å². The van der Waals surface area contributed by atoms with Crippen LogP contribution in [-0.4, -0.2) is 52.7 Å². The van der Waals surface area contributed by atoms with Crippen LogP contribution in [0, 0.1) is 0 Å². The van der Waals surface area contributed by atoms with Crippen LogP contribution in [0.15, 0.2) is 4.99 Å². The molecule has 0 bridgehead atoms. The van der Waals surface area contributed by atoms with Crippen LogP contribution < -0.4 is 16.8 Å². The molecule has 2 atom stereocenters. The molecule has 0 spiro atoms. The fraction of sp³-hybridized carbons (Fsp3) is 0.750. The molecular weight excluding hydrogens is 216 g/mol. The van der Waals surface area contributed by atoms with Gasteiger partial charge >= 0.3 is 5.97 Å². The number of aliphatic carboxylic acids is 1. The second kappa shape index (κ2) is 7.85. The van der Waals surface area contributed by atoms with E-state index in [0.29, 0.717) is 13.0 Å². The van der Waals surface area contributed by atoms with Crippen molar-refractivity contribution in [3.05, 3.63) is 0 Å². The van der Waals surface area contributed by atoms with E-state index in [9.17, 15) is 4.79 Å². The number of hydrogen-bond acceptors (Lipinski definition) is 5. The van der Waals surface area contributed by atoms with Gasteiger partial charge in [0.2, 0.25) is 0 Å². The highest BCUT2D eigenvalue weighted by Crippen LogP contribution is 1.99. The lowest BCUT2D eigenvalue weighted by atomic mass is 10.1. The molecule has 8 N–H and O–H groups in total. The van der Waals surface area contributed by atoms with Crippen molar-refractivity contribution in [2.75, 3.05) is 13.2 Å². The number of guanidine groups is 1. The minimum absolute atomic E-state index is 0.0461. The Morgan fingerprint density at radius 1 is 1.44 bits per heavy atom. The maximum absolute atomic E-state index is 10.7. The highest BCUT2D eigenvalue weighted by atomic mass is 16.4. The molecule has 0 rings (SSSR count). The molecular formula is C8H18N4O4. The minimum atomic E-state index is -1.25. The smallest absolute Gasteiger partial charge is 0.320 e. The molecule has 0 aliphatic carbocycles. The van der Waals surface area contributed by atoms with E-state index < -0.39 is 24.8 Å². The summed E-state index contributed by atoms with van der Waals surface area (Å²) >= 11 is 0. The van der Waals surface area contributed by atoms with E-state index in [1.54, 1.807) is 0 Å². The van der Waals surface area contributed by atoms with E-state index in [-0.39, 0.29) is 12.4 Å². The molecule has 8 nitrogen and oxygen atoms in total. The third-order valence-corrected chi connectivity index (χ3v) is 1.81. The Hall–Kier alpha value is -1.38. The van der Waals surface area contributed by atoms with Crippen molar-refractivity contribution in [1.29, 1.82) is 0 Å². The van der Waals surface area contributed by atoms with Gasteiger partial charge in [0.25, 0.3) is 0 Å². The van der Waals surface area contributed by atoms with Crippen LogP contribution >= 0.6 is 0 Å². The molecule has 0 aromatic heterocycles. The van der Waals surface area contributed by atoms with Gasteiger partial charge in [0.15, 0.2) is 5.96 Å². The van der Waals surface area contributed by atoms with E-state index in [4.69, 9.17) is 26.8 Å². The first kappa shape index (κ1) is 14.6. The summed E-state index contributed by atoms with van der Waals surface area (Å²) in [4.78, 5) is 14.4. The fourth-order valence-corrected chi connectivity index (χ4v) is 1.07. The largest absolute Gasteiger partial charge is 0.480 e. The van der Waals surface area contributed by atoms with Crippen LogP contribution in [0.5, 0.6) is 0 Å². The molecule has 8 heteroatoms. The summed E-state index contributed by atoms with van der Waals surface area (Å²) in [6, 6.07) is -0.934. The second-order valence-corrected chi connectivity index (χ2v) is 3.20. The van der Waals surface area contributed by atoms with Crippen molar-refractivity contribution in [1.82, 2.24) is 5.32 Å². The molecule has 0 radical (unpaired) electrons. The standard InChI is InChI=1S/C8H18N4O4/c9-8(10)11-3-1-2-5(7(15)16)12-6(14)4-13/h5-6,12-14H,1-4H2,(H,15,16)(H4,9,10,11)/t5-,6?/m0/s1. The van der Waals surface area contributed by atoms with E-state index in [1.807, 2.05) is 0 Å². The lowest BCUT2D eigenvalue weighted by molar-refractivity contribution is -0.141. The van der Waals surface area contributed by atoms with E-state index in [2.05, 4.69) is 10.3 Å². The number of nitrogens with zero attached hydrogens (tertiary/aromatic N) is 1. The number of carbonyl (C=O) groups is 1. The number of rotatable bonds is 8. The monoisotopic (exact) mass is 234 g/mol. The topological polar surface area (TPSA) is 154 Å². The van der Waals surface area contributed by atoms with Gasteiger partial charge in [-0.25, -0.2) is 0 Å². The van der Waals surface area contributed by atoms with Gasteiger partial charge in [-0.05, 0) is 12.8 Å². The number of nitrogens with two attached hydrogens (primary N) is 2.